The van der Waals surface area contributed by atoms with Gasteiger partial charge < -0.3 is 0 Å². The lowest BCUT2D eigenvalue weighted by Crippen LogP contribution is -1.97. The molecule has 0 amide bonds. The highest BCUT2D eigenvalue weighted by atomic mass is 19.1. The van der Waals surface area contributed by atoms with Gasteiger partial charge in [-0.05, 0) is 12.5 Å². The summed E-state index contributed by atoms with van der Waals surface area (Å²) in [5.74, 6) is -0.713. The Labute approximate surface area is 114 Å². The van der Waals surface area contributed by atoms with Crippen molar-refractivity contribution in [2.24, 2.45) is 0 Å². The number of aryl methyl sites for hydroxylation is 1. The summed E-state index contributed by atoms with van der Waals surface area (Å²) in [5.41, 5.74) is -0.203. The van der Waals surface area contributed by atoms with Crippen molar-refractivity contribution in [2.75, 3.05) is 0 Å². The van der Waals surface area contributed by atoms with Crippen LogP contribution in [0.1, 0.15) is 52.2 Å². The monoisotopic (exact) mass is 268 g/mol. The second kappa shape index (κ2) is 11.1. The molecule has 19 heavy (non-hydrogen) atoms. The number of hydrogen-bond acceptors (Lipinski definition) is 3. The van der Waals surface area contributed by atoms with E-state index in [4.69, 9.17) is 5.26 Å². The summed E-state index contributed by atoms with van der Waals surface area (Å²) in [6.07, 6.45) is 1.61. The number of nitrogens with zero attached hydrogens (tertiary/aromatic N) is 2. The molecule has 1 aromatic rings. The van der Waals surface area contributed by atoms with E-state index in [0.717, 1.165) is 12.1 Å². The Kier molecular flexibility index (Phi) is 11.4. The topological polar surface area (TPSA) is 66.9 Å². The smallest absolute Gasteiger partial charge is 0.258 e. The van der Waals surface area contributed by atoms with Crippen molar-refractivity contribution >= 4 is 5.69 Å². The first-order chi connectivity index (χ1) is 9.01. The lowest BCUT2D eigenvalue weighted by molar-refractivity contribution is -0.385. The highest BCUT2D eigenvalue weighted by Crippen LogP contribution is 2.22. The van der Waals surface area contributed by atoms with Crippen LogP contribution in [-0.4, -0.2) is 4.92 Å². The van der Waals surface area contributed by atoms with E-state index in [-0.39, 0.29) is 11.3 Å². The van der Waals surface area contributed by atoms with Crippen molar-refractivity contribution in [2.45, 2.75) is 47.5 Å². The van der Waals surface area contributed by atoms with Crippen LogP contribution in [0.3, 0.4) is 0 Å². The lowest BCUT2D eigenvalue weighted by Gasteiger charge is -2.00. The fourth-order valence-electron chi connectivity index (χ4n) is 1.14. The molecule has 0 heterocycles. The molecule has 0 atom stereocenters. The van der Waals surface area contributed by atoms with Crippen LogP contribution in [0.4, 0.5) is 10.1 Å². The van der Waals surface area contributed by atoms with E-state index >= 15 is 0 Å². The highest BCUT2D eigenvalue weighted by Gasteiger charge is 2.16. The van der Waals surface area contributed by atoms with Crippen LogP contribution in [-0.2, 0) is 6.42 Å². The Hall–Kier alpha value is -1.96. The Morgan fingerprint density at radius 2 is 1.79 bits per heavy atom. The molecule has 0 aliphatic rings. The SMILES string of the molecule is CC.CCC.CCc1cc(F)c(C#N)cc1[N+](=O)[O-]. The summed E-state index contributed by atoms with van der Waals surface area (Å²) in [5, 5.41) is 19.0. The summed E-state index contributed by atoms with van der Waals surface area (Å²) in [6, 6.07) is 3.57. The Bertz CT molecular complexity index is 440. The van der Waals surface area contributed by atoms with Crippen LogP contribution in [0.25, 0.3) is 0 Å². The zero-order valence-electron chi connectivity index (χ0n) is 12.2. The minimum absolute atomic E-state index is 0.203. The average molecular weight is 268 g/mol. The van der Waals surface area contributed by atoms with Gasteiger partial charge >= 0.3 is 0 Å². The van der Waals surface area contributed by atoms with Gasteiger partial charge in [0.25, 0.3) is 5.69 Å². The van der Waals surface area contributed by atoms with Gasteiger partial charge in [0.15, 0.2) is 0 Å². The molecule has 0 radical (unpaired) electrons. The van der Waals surface area contributed by atoms with Crippen molar-refractivity contribution in [3.63, 3.8) is 0 Å². The van der Waals surface area contributed by atoms with E-state index in [2.05, 4.69) is 13.8 Å². The Balaban J connectivity index is 0. The van der Waals surface area contributed by atoms with Crippen LogP contribution < -0.4 is 0 Å². The maximum atomic E-state index is 13.0. The van der Waals surface area contributed by atoms with Gasteiger partial charge in [-0.15, -0.1) is 0 Å². The van der Waals surface area contributed by atoms with Gasteiger partial charge in [-0.3, -0.25) is 10.1 Å². The lowest BCUT2D eigenvalue weighted by atomic mass is 10.1. The summed E-state index contributed by atoms with van der Waals surface area (Å²) >= 11 is 0. The zero-order chi connectivity index (χ0) is 15.4. The van der Waals surface area contributed by atoms with Gasteiger partial charge in [-0.1, -0.05) is 41.0 Å². The van der Waals surface area contributed by atoms with Crippen LogP contribution in [0, 0.1) is 27.3 Å². The molecule has 0 aliphatic heterocycles. The third kappa shape index (κ3) is 6.51. The number of nitro groups is 1. The fraction of sp³-hybridized carbons (Fsp3) is 0.500. The molecule has 0 fully saturated rings. The molecule has 1 rings (SSSR count). The van der Waals surface area contributed by atoms with Crippen molar-refractivity contribution in [3.05, 3.63) is 39.2 Å². The summed E-state index contributed by atoms with van der Waals surface area (Å²) in [6.45, 7) is 9.94. The zero-order valence-corrected chi connectivity index (χ0v) is 12.2. The molecule has 0 aliphatic carbocycles. The van der Waals surface area contributed by atoms with Crippen molar-refractivity contribution in [1.29, 1.82) is 5.26 Å². The van der Waals surface area contributed by atoms with Crippen molar-refractivity contribution < 1.29 is 9.31 Å². The van der Waals surface area contributed by atoms with Gasteiger partial charge in [-0.25, -0.2) is 4.39 Å². The Morgan fingerprint density at radius 1 is 1.32 bits per heavy atom. The minimum atomic E-state index is -0.713. The first-order valence-electron chi connectivity index (χ1n) is 6.38. The number of rotatable bonds is 2. The minimum Gasteiger partial charge on any atom is -0.258 e. The first kappa shape index (κ1) is 19.4. The summed E-state index contributed by atoms with van der Waals surface area (Å²) in [4.78, 5) is 9.92. The standard InChI is InChI=1S/C9H7FN2O2.C3H8.C2H6/c1-2-6-3-8(10)7(5-11)4-9(6)12(13)14;1-3-2;1-2/h3-4H,2H2,1H3;3H2,1-2H3;1-2H3. The van der Waals surface area contributed by atoms with Gasteiger partial charge in [-0.2, -0.15) is 5.26 Å². The molecule has 0 saturated carbocycles. The maximum absolute atomic E-state index is 13.0. The van der Waals surface area contributed by atoms with Crippen molar-refractivity contribution in [1.82, 2.24) is 0 Å². The van der Waals surface area contributed by atoms with Gasteiger partial charge in [0.2, 0.25) is 0 Å². The van der Waals surface area contributed by atoms with Gasteiger partial charge in [0.1, 0.15) is 11.9 Å². The third-order valence-electron chi connectivity index (χ3n) is 1.87. The molecule has 0 unspecified atom stereocenters. The molecule has 5 heteroatoms. The molecule has 0 aromatic heterocycles. The second-order valence-electron chi connectivity index (χ2n) is 3.39. The van der Waals surface area contributed by atoms with E-state index in [9.17, 15) is 14.5 Å². The van der Waals surface area contributed by atoms with E-state index in [1.54, 1.807) is 13.0 Å². The molecule has 0 bridgehead atoms. The predicted octanol–water partition coefficient (Wildman–Crippen LogP) is 4.61. The predicted molar refractivity (Wildman–Crippen MR) is 74.5 cm³/mol. The number of nitriles is 1. The molecule has 0 spiro atoms. The van der Waals surface area contributed by atoms with Crippen LogP contribution >= 0.6 is 0 Å². The van der Waals surface area contributed by atoms with Crippen LogP contribution in [0.15, 0.2) is 12.1 Å². The number of nitro benzene ring substituents is 1. The second-order valence-corrected chi connectivity index (χ2v) is 3.39. The molecule has 0 saturated heterocycles. The van der Waals surface area contributed by atoms with E-state index in [0.29, 0.717) is 12.0 Å². The molecular formula is C14H21FN2O2. The average Bonchev–Trinajstić information content (AvgIpc) is 2.41. The molecule has 1 aromatic carbocycles. The van der Waals surface area contributed by atoms with Gasteiger partial charge in [0, 0.05) is 11.6 Å². The number of halogens is 1. The van der Waals surface area contributed by atoms with E-state index in [1.165, 1.54) is 6.42 Å². The van der Waals surface area contributed by atoms with E-state index < -0.39 is 10.7 Å². The largest absolute Gasteiger partial charge is 0.274 e. The number of hydrogen-bond donors (Lipinski definition) is 0. The van der Waals surface area contributed by atoms with Crippen molar-refractivity contribution in [3.8, 4) is 6.07 Å². The van der Waals surface area contributed by atoms with Gasteiger partial charge in [0.05, 0.1) is 10.5 Å². The summed E-state index contributed by atoms with van der Waals surface area (Å²) in [7, 11) is 0. The number of benzene rings is 1. The molecule has 106 valence electrons. The normalized spacial score (nSPS) is 8.26. The molecular weight excluding hydrogens is 247 g/mol. The quantitative estimate of drug-likeness (QED) is 0.581. The van der Waals surface area contributed by atoms with Crippen LogP contribution in [0.2, 0.25) is 0 Å². The third-order valence-corrected chi connectivity index (χ3v) is 1.87. The van der Waals surface area contributed by atoms with E-state index in [1.807, 2.05) is 13.8 Å². The summed E-state index contributed by atoms with van der Waals surface area (Å²) < 4.78 is 13.0. The molecule has 0 N–H and O–H groups in total. The Morgan fingerprint density at radius 3 is 2.11 bits per heavy atom. The maximum Gasteiger partial charge on any atom is 0.274 e. The first-order valence-corrected chi connectivity index (χ1v) is 6.38. The van der Waals surface area contributed by atoms with Crippen LogP contribution in [0.5, 0.6) is 0 Å². The highest BCUT2D eigenvalue weighted by molar-refractivity contribution is 5.48. The molecule has 4 nitrogen and oxygen atoms in total. The fourth-order valence-corrected chi connectivity index (χ4v) is 1.14.